The minimum Gasteiger partial charge on any atom is -0.494 e. The number of oxime groups is 1. The van der Waals surface area contributed by atoms with Crippen molar-refractivity contribution >= 4 is 11.9 Å². The van der Waals surface area contributed by atoms with E-state index in [-0.39, 0.29) is 18.2 Å². The number of hydrogen-bond donors (Lipinski definition) is 2. The van der Waals surface area contributed by atoms with Crippen LogP contribution in [0, 0.1) is 11.8 Å². The number of carboxylic acids is 1. The van der Waals surface area contributed by atoms with Gasteiger partial charge >= 0.3 is 5.97 Å². The molecule has 74 valence electrons. The lowest BCUT2D eigenvalue weighted by molar-refractivity contribution is -0.149. The van der Waals surface area contributed by atoms with E-state index in [2.05, 4.69) is 5.16 Å². The van der Waals surface area contributed by atoms with E-state index in [1.807, 2.05) is 0 Å². The number of hydrogen-bond acceptors (Lipinski definition) is 3. The molecule has 0 fully saturated rings. The second-order valence-electron chi connectivity index (χ2n) is 3.46. The summed E-state index contributed by atoms with van der Waals surface area (Å²) >= 11 is 0. The summed E-state index contributed by atoms with van der Waals surface area (Å²) in [7, 11) is 0. The van der Waals surface area contributed by atoms with Gasteiger partial charge in [-0.05, 0) is 5.92 Å². The molecule has 0 aliphatic carbocycles. The monoisotopic (exact) mass is 187 g/mol. The predicted molar refractivity (Wildman–Crippen MR) is 45.5 cm³/mol. The van der Waals surface area contributed by atoms with Crippen molar-refractivity contribution in [3.8, 4) is 0 Å². The zero-order valence-corrected chi connectivity index (χ0v) is 7.60. The molecule has 0 saturated heterocycles. The van der Waals surface area contributed by atoms with Crippen LogP contribution >= 0.6 is 0 Å². The van der Waals surface area contributed by atoms with Crippen molar-refractivity contribution in [1.82, 2.24) is 0 Å². The fraction of sp³-hybridized carbons (Fsp3) is 0.750. The topological polar surface area (TPSA) is 79.1 Å². The Hall–Kier alpha value is -1.26. The number of aliphatic carboxylic acids is 1. The number of rotatable bonds is 3. The average molecular weight is 187 g/mol. The molecule has 2 unspecified atom stereocenters. The van der Waals surface area contributed by atoms with Gasteiger partial charge in [0.05, 0.1) is 12.3 Å². The maximum Gasteiger partial charge on any atom is 0.310 e. The fourth-order valence-corrected chi connectivity index (χ4v) is 1.45. The molecular weight excluding hydrogens is 174 g/mol. The Morgan fingerprint density at radius 3 is 2.62 bits per heavy atom. The molecule has 0 aromatic carbocycles. The molecule has 1 aliphatic heterocycles. The predicted octanol–water partition coefficient (Wildman–Crippen LogP) is 1.00. The van der Waals surface area contributed by atoms with Gasteiger partial charge in [0.1, 0.15) is 6.10 Å². The van der Waals surface area contributed by atoms with E-state index in [9.17, 15) is 4.79 Å². The van der Waals surface area contributed by atoms with Gasteiger partial charge in [-0.2, -0.15) is 0 Å². The number of carbonyl (C=O) groups is 1. The van der Waals surface area contributed by atoms with Crippen LogP contribution in [0.5, 0.6) is 0 Å². The molecular formula is C8H13NO4. The van der Waals surface area contributed by atoms with Crippen LogP contribution in [0.2, 0.25) is 0 Å². The average Bonchev–Trinajstić information content (AvgIpc) is 2.34. The first-order valence-corrected chi connectivity index (χ1v) is 4.17. The second kappa shape index (κ2) is 3.64. The first-order chi connectivity index (χ1) is 6.02. The number of nitrogens with zero attached hydrogens (tertiary/aromatic N) is 1. The molecule has 1 aliphatic rings. The van der Waals surface area contributed by atoms with Crippen LogP contribution in [0.3, 0.4) is 0 Å². The molecule has 0 spiro atoms. The Kier molecular flexibility index (Phi) is 2.75. The van der Waals surface area contributed by atoms with E-state index >= 15 is 0 Å². The van der Waals surface area contributed by atoms with E-state index < -0.39 is 18.0 Å². The van der Waals surface area contributed by atoms with Crippen LogP contribution in [0.1, 0.15) is 20.3 Å². The zero-order valence-electron chi connectivity index (χ0n) is 7.60. The summed E-state index contributed by atoms with van der Waals surface area (Å²) in [4.78, 5) is 15.6. The molecule has 1 rings (SSSR count). The molecule has 0 aromatic rings. The molecule has 5 nitrogen and oxygen atoms in total. The molecule has 0 amide bonds. The smallest absolute Gasteiger partial charge is 0.310 e. The lowest BCUT2D eigenvalue weighted by atomic mass is 9.89. The lowest BCUT2D eigenvalue weighted by Gasteiger charge is -2.20. The van der Waals surface area contributed by atoms with Crippen LogP contribution in [0.4, 0.5) is 0 Å². The van der Waals surface area contributed by atoms with Gasteiger partial charge in [-0.3, -0.25) is 4.79 Å². The Labute approximate surface area is 76.0 Å². The summed E-state index contributed by atoms with van der Waals surface area (Å²) in [6.07, 6.45) is -0.340. The first kappa shape index (κ1) is 9.83. The highest BCUT2D eigenvalue weighted by Gasteiger charge is 2.36. The molecule has 5 heteroatoms. The number of aliphatic hydroxyl groups is 1. The zero-order chi connectivity index (χ0) is 10.0. The highest BCUT2D eigenvalue weighted by atomic mass is 16.7. The standard InChI is InChI=1S/C8H13NO4/c1-4(2)7(8(11)12)5-3-6(10)9-13-5/h4-5,7H,3H2,1-2H3,(H,9,10)(H,11,12). The SMILES string of the molecule is CC(C)C(C(=O)O)C1CC(O)=NO1. The molecule has 1 heterocycles. The molecule has 0 radical (unpaired) electrons. The van der Waals surface area contributed by atoms with Crippen molar-refractivity contribution in [3.05, 3.63) is 0 Å². The molecule has 0 saturated carbocycles. The maximum atomic E-state index is 10.8. The van der Waals surface area contributed by atoms with Crippen molar-refractivity contribution in [2.24, 2.45) is 17.0 Å². The Morgan fingerprint density at radius 2 is 2.31 bits per heavy atom. The third-order valence-corrected chi connectivity index (χ3v) is 2.08. The van der Waals surface area contributed by atoms with E-state index in [4.69, 9.17) is 15.1 Å². The first-order valence-electron chi connectivity index (χ1n) is 4.17. The number of carboxylic acid groups (broad SMARTS) is 1. The highest BCUT2D eigenvalue weighted by molar-refractivity contribution is 5.77. The van der Waals surface area contributed by atoms with E-state index in [0.717, 1.165) is 0 Å². The van der Waals surface area contributed by atoms with Gasteiger partial charge in [0.15, 0.2) is 0 Å². The number of aliphatic hydroxyl groups excluding tert-OH is 1. The van der Waals surface area contributed by atoms with Gasteiger partial charge in [-0.15, -0.1) is 0 Å². The van der Waals surface area contributed by atoms with Crippen molar-refractivity contribution in [1.29, 1.82) is 0 Å². The van der Waals surface area contributed by atoms with E-state index in [1.165, 1.54) is 0 Å². The summed E-state index contributed by atoms with van der Waals surface area (Å²) in [5.74, 6) is -1.70. The quantitative estimate of drug-likeness (QED) is 0.690. The largest absolute Gasteiger partial charge is 0.494 e. The van der Waals surface area contributed by atoms with Crippen molar-refractivity contribution in [3.63, 3.8) is 0 Å². The normalized spacial score (nSPS) is 23.9. The molecule has 2 N–H and O–H groups in total. The van der Waals surface area contributed by atoms with Crippen molar-refractivity contribution < 1.29 is 19.8 Å². The Morgan fingerprint density at radius 1 is 1.69 bits per heavy atom. The van der Waals surface area contributed by atoms with Gasteiger partial charge < -0.3 is 15.1 Å². The molecule has 0 bridgehead atoms. The minimum atomic E-state index is -0.912. The van der Waals surface area contributed by atoms with Crippen LogP contribution in [-0.4, -0.2) is 28.2 Å². The fourth-order valence-electron chi connectivity index (χ4n) is 1.45. The highest BCUT2D eigenvalue weighted by Crippen LogP contribution is 2.24. The third kappa shape index (κ3) is 2.11. The lowest BCUT2D eigenvalue weighted by Crippen LogP contribution is -2.32. The van der Waals surface area contributed by atoms with Gasteiger partial charge in [-0.1, -0.05) is 19.0 Å². The second-order valence-corrected chi connectivity index (χ2v) is 3.46. The van der Waals surface area contributed by atoms with Gasteiger partial charge in [-0.25, -0.2) is 0 Å². The van der Waals surface area contributed by atoms with Crippen molar-refractivity contribution in [2.45, 2.75) is 26.4 Å². The van der Waals surface area contributed by atoms with Crippen LogP contribution in [0.15, 0.2) is 5.16 Å². The van der Waals surface area contributed by atoms with Crippen molar-refractivity contribution in [2.75, 3.05) is 0 Å². The minimum absolute atomic E-state index is 0.0383. The summed E-state index contributed by atoms with van der Waals surface area (Å²) in [6, 6.07) is 0. The summed E-state index contributed by atoms with van der Waals surface area (Å²) in [6.45, 7) is 3.61. The van der Waals surface area contributed by atoms with Gasteiger partial charge in [0.25, 0.3) is 0 Å². The third-order valence-electron chi connectivity index (χ3n) is 2.08. The Balaban J connectivity index is 2.63. The van der Waals surface area contributed by atoms with Gasteiger partial charge in [0.2, 0.25) is 5.90 Å². The van der Waals surface area contributed by atoms with E-state index in [0.29, 0.717) is 0 Å². The molecule has 2 atom stereocenters. The molecule has 13 heavy (non-hydrogen) atoms. The summed E-state index contributed by atoms with van der Waals surface area (Å²) in [5.41, 5.74) is 0. The molecule has 0 aromatic heterocycles. The van der Waals surface area contributed by atoms with E-state index in [1.54, 1.807) is 13.8 Å². The maximum absolute atomic E-state index is 10.8. The Bertz CT molecular complexity index is 236. The van der Waals surface area contributed by atoms with Crippen LogP contribution < -0.4 is 0 Å². The van der Waals surface area contributed by atoms with Gasteiger partial charge in [0, 0.05) is 0 Å². The van der Waals surface area contributed by atoms with Crippen LogP contribution in [0.25, 0.3) is 0 Å². The summed E-state index contributed by atoms with van der Waals surface area (Å²) in [5, 5.41) is 21.1. The van der Waals surface area contributed by atoms with Crippen LogP contribution in [-0.2, 0) is 9.63 Å². The summed E-state index contributed by atoms with van der Waals surface area (Å²) < 4.78 is 0.